The summed E-state index contributed by atoms with van der Waals surface area (Å²) >= 11 is 0. The fourth-order valence-electron chi connectivity index (χ4n) is 2.22. The van der Waals surface area contributed by atoms with Crippen LogP contribution in [0.5, 0.6) is 0 Å². The molecule has 0 saturated carbocycles. The zero-order valence-electron chi connectivity index (χ0n) is 9.09. The molecule has 1 aromatic carbocycles. The van der Waals surface area contributed by atoms with Crippen LogP contribution in [0.4, 0.5) is 0 Å². The molecule has 0 atom stereocenters. The lowest BCUT2D eigenvalue weighted by Gasteiger charge is -2.06. The molecule has 14 heavy (non-hydrogen) atoms. The van der Waals surface area contributed by atoms with Crippen LogP contribution in [0.15, 0.2) is 41.5 Å². The van der Waals surface area contributed by atoms with E-state index in [-0.39, 0.29) is 0 Å². The summed E-state index contributed by atoms with van der Waals surface area (Å²) in [6.07, 6.45) is 3.32. The van der Waals surface area contributed by atoms with Crippen LogP contribution in [0.25, 0.3) is 5.57 Å². The van der Waals surface area contributed by atoms with Crippen molar-refractivity contribution in [1.29, 1.82) is 0 Å². The lowest BCUT2D eigenvalue weighted by Crippen LogP contribution is -1.85. The molecule has 1 aliphatic rings. The highest BCUT2D eigenvalue weighted by molar-refractivity contribution is 5.85. The molecule has 72 valence electrons. The molecule has 0 heteroatoms. The average molecular weight is 184 g/mol. The summed E-state index contributed by atoms with van der Waals surface area (Å²) in [7, 11) is 0. The number of hydrogen-bond acceptors (Lipinski definition) is 0. The molecular formula is C14H16. The van der Waals surface area contributed by atoms with Crippen molar-refractivity contribution < 1.29 is 0 Å². The molecule has 0 aliphatic heterocycles. The van der Waals surface area contributed by atoms with E-state index in [1.807, 2.05) is 0 Å². The predicted molar refractivity (Wildman–Crippen MR) is 62.2 cm³/mol. The van der Waals surface area contributed by atoms with E-state index >= 15 is 0 Å². The number of allylic oxidation sites excluding steroid dienone is 4. The summed E-state index contributed by atoms with van der Waals surface area (Å²) in [5, 5.41) is 0. The summed E-state index contributed by atoms with van der Waals surface area (Å²) in [4.78, 5) is 0. The Bertz CT molecular complexity index is 419. The molecule has 0 fully saturated rings. The van der Waals surface area contributed by atoms with Gasteiger partial charge in [0, 0.05) is 0 Å². The lowest BCUT2D eigenvalue weighted by atomic mass is 9.99. The summed E-state index contributed by atoms with van der Waals surface area (Å²) < 4.78 is 0. The third-order valence-electron chi connectivity index (χ3n) is 3.00. The van der Waals surface area contributed by atoms with Gasteiger partial charge in [0.05, 0.1) is 0 Å². The Morgan fingerprint density at radius 1 is 1.29 bits per heavy atom. The molecule has 2 rings (SSSR count). The Balaban J connectivity index is 2.57. The van der Waals surface area contributed by atoms with Gasteiger partial charge in [-0.05, 0) is 49.5 Å². The minimum absolute atomic E-state index is 1.12. The summed E-state index contributed by atoms with van der Waals surface area (Å²) in [5.41, 5.74) is 7.26. The zero-order chi connectivity index (χ0) is 10.1. The number of hydrogen-bond donors (Lipinski definition) is 0. The highest BCUT2D eigenvalue weighted by Crippen LogP contribution is 2.36. The highest BCUT2D eigenvalue weighted by Gasteiger charge is 2.18. The SMILES string of the molecule is C/C=C(/C)C1=C(C)Cc2ccccc21. The molecule has 0 N–H and O–H groups in total. The van der Waals surface area contributed by atoms with Crippen LogP contribution in [0, 0.1) is 0 Å². The van der Waals surface area contributed by atoms with E-state index in [9.17, 15) is 0 Å². The van der Waals surface area contributed by atoms with Crippen molar-refractivity contribution in [2.45, 2.75) is 27.2 Å². The first kappa shape index (κ1) is 9.26. The Morgan fingerprint density at radius 2 is 2.00 bits per heavy atom. The van der Waals surface area contributed by atoms with Gasteiger partial charge in [0.25, 0.3) is 0 Å². The van der Waals surface area contributed by atoms with E-state index in [0.29, 0.717) is 0 Å². The highest BCUT2D eigenvalue weighted by atomic mass is 14.2. The van der Waals surface area contributed by atoms with Gasteiger partial charge in [-0.15, -0.1) is 0 Å². The lowest BCUT2D eigenvalue weighted by molar-refractivity contribution is 1.19. The molecule has 1 aliphatic carbocycles. The Hall–Kier alpha value is -1.30. The summed E-state index contributed by atoms with van der Waals surface area (Å²) in [6.45, 7) is 6.54. The van der Waals surface area contributed by atoms with E-state index in [1.54, 1.807) is 0 Å². The maximum absolute atomic E-state index is 2.24. The zero-order valence-corrected chi connectivity index (χ0v) is 9.09. The van der Waals surface area contributed by atoms with Crippen molar-refractivity contribution in [1.82, 2.24) is 0 Å². The quantitative estimate of drug-likeness (QED) is 0.619. The first-order valence-electron chi connectivity index (χ1n) is 5.15. The molecule has 0 amide bonds. The molecule has 0 saturated heterocycles. The van der Waals surface area contributed by atoms with Gasteiger partial charge in [-0.25, -0.2) is 0 Å². The van der Waals surface area contributed by atoms with Crippen molar-refractivity contribution in [3.05, 3.63) is 52.6 Å². The van der Waals surface area contributed by atoms with Crippen LogP contribution in [0.3, 0.4) is 0 Å². The molecule has 0 heterocycles. The van der Waals surface area contributed by atoms with Crippen molar-refractivity contribution in [2.24, 2.45) is 0 Å². The van der Waals surface area contributed by atoms with Crippen LogP contribution in [0.1, 0.15) is 31.9 Å². The Kier molecular flexibility index (Phi) is 2.28. The largest absolute Gasteiger partial charge is 0.0841 e. The molecular weight excluding hydrogens is 168 g/mol. The average Bonchev–Trinajstić information content (AvgIpc) is 2.53. The monoisotopic (exact) mass is 184 g/mol. The Morgan fingerprint density at radius 3 is 2.71 bits per heavy atom. The second kappa shape index (κ2) is 3.45. The van der Waals surface area contributed by atoms with Crippen molar-refractivity contribution in [3.63, 3.8) is 0 Å². The van der Waals surface area contributed by atoms with Gasteiger partial charge in [-0.2, -0.15) is 0 Å². The van der Waals surface area contributed by atoms with E-state index in [4.69, 9.17) is 0 Å². The molecule has 0 bridgehead atoms. The van der Waals surface area contributed by atoms with Gasteiger partial charge in [0.1, 0.15) is 0 Å². The molecule has 0 unspecified atom stereocenters. The first-order valence-corrected chi connectivity index (χ1v) is 5.15. The van der Waals surface area contributed by atoms with Gasteiger partial charge in [0.15, 0.2) is 0 Å². The summed E-state index contributed by atoms with van der Waals surface area (Å²) in [5.74, 6) is 0. The smallest absolute Gasteiger partial charge is 0.00544 e. The topological polar surface area (TPSA) is 0 Å². The second-order valence-corrected chi connectivity index (χ2v) is 3.96. The predicted octanol–water partition coefficient (Wildman–Crippen LogP) is 3.98. The minimum atomic E-state index is 1.12. The van der Waals surface area contributed by atoms with E-state index in [2.05, 4.69) is 51.1 Å². The molecule has 0 spiro atoms. The standard InChI is InChI=1S/C14H16/c1-4-10(2)14-11(3)9-12-7-5-6-8-13(12)14/h4-8H,9H2,1-3H3/b10-4-. The van der Waals surface area contributed by atoms with Crippen LogP contribution < -0.4 is 0 Å². The third-order valence-corrected chi connectivity index (χ3v) is 3.00. The molecule has 0 aromatic heterocycles. The van der Waals surface area contributed by atoms with Crippen molar-refractivity contribution in [3.8, 4) is 0 Å². The maximum Gasteiger partial charge on any atom is -0.00544 e. The normalized spacial score (nSPS) is 16.1. The van der Waals surface area contributed by atoms with Crippen LogP contribution in [0.2, 0.25) is 0 Å². The van der Waals surface area contributed by atoms with Crippen molar-refractivity contribution >= 4 is 5.57 Å². The molecule has 0 nitrogen and oxygen atoms in total. The van der Waals surface area contributed by atoms with E-state index in [1.165, 1.54) is 27.8 Å². The van der Waals surface area contributed by atoms with E-state index < -0.39 is 0 Å². The van der Waals surface area contributed by atoms with Crippen LogP contribution in [-0.2, 0) is 6.42 Å². The van der Waals surface area contributed by atoms with E-state index in [0.717, 1.165) is 6.42 Å². The van der Waals surface area contributed by atoms with Gasteiger partial charge < -0.3 is 0 Å². The van der Waals surface area contributed by atoms with Gasteiger partial charge in [0.2, 0.25) is 0 Å². The third kappa shape index (κ3) is 1.31. The van der Waals surface area contributed by atoms with Crippen LogP contribution >= 0.6 is 0 Å². The number of benzene rings is 1. The summed E-state index contributed by atoms with van der Waals surface area (Å²) in [6, 6.07) is 8.71. The number of fused-ring (bicyclic) bond motifs is 1. The van der Waals surface area contributed by atoms with Gasteiger partial charge in [-0.1, -0.05) is 35.9 Å². The minimum Gasteiger partial charge on any atom is -0.0841 e. The van der Waals surface area contributed by atoms with Crippen molar-refractivity contribution in [2.75, 3.05) is 0 Å². The molecule has 1 aromatic rings. The Labute approximate surface area is 86.0 Å². The fraction of sp³-hybridized carbons (Fsp3) is 0.286. The maximum atomic E-state index is 2.24. The molecule has 0 radical (unpaired) electrons. The number of rotatable bonds is 1. The first-order chi connectivity index (χ1) is 6.74. The van der Waals surface area contributed by atoms with Gasteiger partial charge in [-0.3, -0.25) is 0 Å². The van der Waals surface area contributed by atoms with Gasteiger partial charge >= 0.3 is 0 Å². The fourth-order valence-corrected chi connectivity index (χ4v) is 2.22. The second-order valence-electron chi connectivity index (χ2n) is 3.96. The van der Waals surface area contributed by atoms with Crippen LogP contribution in [-0.4, -0.2) is 0 Å².